The molecule has 0 saturated heterocycles. The van der Waals surface area contributed by atoms with Gasteiger partial charge in [0.15, 0.2) is 5.96 Å². The van der Waals surface area contributed by atoms with Gasteiger partial charge in [0.1, 0.15) is 0 Å². The highest BCUT2D eigenvalue weighted by molar-refractivity contribution is 14.0. The monoisotopic (exact) mass is 470 g/mol. The molecule has 0 atom stereocenters. The number of benzene rings is 1. The zero-order valence-corrected chi connectivity index (χ0v) is 18.4. The zero-order chi connectivity index (χ0) is 16.9. The maximum absolute atomic E-state index is 4.87. The van der Waals surface area contributed by atoms with Gasteiger partial charge in [-0.2, -0.15) is 0 Å². The first-order valence-corrected chi connectivity index (χ1v) is 9.52. The second kappa shape index (κ2) is 9.52. The minimum atomic E-state index is 0. The van der Waals surface area contributed by atoms with Crippen LogP contribution in [-0.4, -0.2) is 35.5 Å². The predicted molar refractivity (Wildman–Crippen MR) is 117 cm³/mol. The van der Waals surface area contributed by atoms with E-state index in [1.807, 2.05) is 0 Å². The van der Waals surface area contributed by atoms with E-state index in [-0.39, 0.29) is 24.0 Å². The standard InChI is InChI=1S/C19H26N4S.HI/c1-4-20-19(21-11-9-18-14(2)22-15(3)24-18)23-12-10-16-7-5-6-8-17(16)13-23;/h5-8H,4,9-13H2,1-3H3,(H,20,21);1H. The van der Waals surface area contributed by atoms with Crippen LogP contribution >= 0.6 is 35.3 Å². The van der Waals surface area contributed by atoms with Crippen molar-refractivity contribution in [3.8, 4) is 0 Å². The van der Waals surface area contributed by atoms with Gasteiger partial charge in [-0.3, -0.25) is 4.99 Å². The fraction of sp³-hybridized carbons (Fsp3) is 0.474. The Labute approximate surface area is 171 Å². The lowest BCUT2D eigenvalue weighted by Gasteiger charge is -2.31. The van der Waals surface area contributed by atoms with Crippen LogP contribution in [0.4, 0.5) is 0 Å². The molecule has 0 spiro atoms. The van der Waals surface area contributed by atoms with Gasteiger partial charge >= 0.3 is 0 Å². The van der Waals surface area contributed by atoms with Gasteiger partial charge in [-0.25, -0.2) is 4.98 Å². The maximum atomic E-state index is 4.87. The second-order valence-corrected chi connectivity index (χ2v) is 7.46. The number of nitrogens with one attached hydrogen (secondary N) is 1. The molecule has 1 N–H and O–H groups in total. The number of fused-ring (bicyclic) bond motifs is 1. The Morgan fingerprint density at radius 1 is 1.28 bits per heavy atom. The van der Waals surface area contributed by atoms with Crippen LogP contribution in [0.5, 0.6) is 0 Å². The molecule has 0 amide bonds. The summed E-state index contributed by atoms with van der Waals surface area (Å²) in [6.45, 7) is 9.97. The highest BCUT2D eigenvalue weighted by Crippen LogP contribution is 2.19. The molecule has 2 aromatic rings. The first-order chi connectivity index (χ1) is 11.7. The number of hydrogen-bond acceptors (Lipinski definition) is 3. The first kappa shape index (κ1) is 20.2. The number of aryl methyl sites for hydroxylation is 2. The molecular formula is C19H27IN4S. The van der Waals surface area contributed by atoms with Crippen LogP contribution in [0.1, 0.15) is 33.6 Å². The van der Waals surface area contributed by atoms with Crippen LogP contribution in [-0.2, 0) is 19.4 Å². The number of guanidine groups is 1. The molecule has 4 nitrogen and oxygen atoms in total. The molecule has 0 bridgehead atoms. The van der Waals surface area contributed by atoms with Crippen LogP contribution < -0.4 is 5.32 Å². The molecule has 25 heavy (non-hydrogen) atoms. The fourth-order valence-electron chi connectivity index (χ4n) is 3.17. The van der Waals surface area contributed by atoms with Gasteiger partial charge in [-0.05, 0) is 38.3 Å². The van der Waals surface area contributed by atoms with E-state index < -0.39 is 0 Å². The number of thiazole rings is 1. The van der Waals surface area contributed by atoms with Crippen LogP contribution in [0.15, 0.2) is 29.3 Å². The molecule has 0 aliphatic carbocycles. The van der Waals surface area contributed by atoms with E-state index in [0.29, 0.717) is 0 Å². The second-order valence-electron chi connectivity index (χ2n) is 6.17. The van der Waals surface area contributed by atoms with Crippen molar-refractivity contribution in [2.24, 2.45) is 4.99 Å². The average molecular weight is 470 g/mol. The Morgan fingerprint density at radius 3 is 2.72 bits per heavy atom. The highest BCUT2D eigenvalue weighted by atomic mass is 127. The van der Waals surface area contributed by atoms with E-state index in [2.05, 4.69) is 60.2 Å². The summed E-state index contributed by atoms with van der Waals surface area (Å²) in [4.78, 5) is 13.1. The van der Waals surface area contributed by atoms with E-state index in [4.69, 9.17) is 4.99 Å². The smallest absolute Gasteiger partial charge is 0.194 e. The van der Waals surface area contributed by atoms with E-state index in [1.54, 1.807) is 11.3 Å². The van der Waals surface area contributed by atoms with Gasteiger partial charge in [-0.15, -0.1) is 35.3 Å². The van der Waals surface area contributed by atoms with Crippen molar-refractivity contribution >= 4 is 41.3 Å². The highest BCUT2D eigenvalue weighted by Gasteiger charge is 2.18. The molecule has 1 aliphatic heterocycles. The van der Waals surface area contributed by atoms with Crippen molar-refractivity contribution in [2.75, 3.05) is 19.6 Å². The van der Waals surface area contributed by atoms with Gasteiger partial charge in [0, 0.05) is 37.5 Å². The van der Waals surface area contributed by atoms with Crippen LogP contribution in [0.2, 0.25) is 0 Å². The summed E-state index contributed by atoms with van der Waals surface area (Å²) in [5, 5.41) is 4.60. The number of aliphatic imine (C=N–C) groups is 1. The molecule has 1 aliphatic rings. The largest absolute Gasteiger partial charge is 0.357 e. The minimum absolute atomic E-state index is 0. The summed E-state index contributed by atoms with van der Waals surface area (Å²) in [5.74, 6) is 1.03. The lowest BCUT2D eigenvalue weighted by molar-refractivity contribution is 0.379. The van der Waals surface area contributed by atoms with Crippen LogP contribution in [0, 0.1) is 13.8 Å². The Kier molecular flexibility index (Phi) is 7.68. The lowest BCUT2D eigenvalue weighted by Crippen LogP contribution is -2.44. The molecule has 0 unspecified atom stereocenters. The average Bonchev–Trinajstić information content (AvgIpc) is 2.91. The maximum Gasteiger partial charge on any atom is 0.194 e. The van der Waals surface area contributed by atoms with Crippen molar-refractivity contribution in [3.05, 3.63) is 51.0 Å². The van der Waals surface area contributed by atoms with Crippen molar-refractivity contribution in [3.63, 3.8) is 0 Å². The van der Waals surface area contributed by atoms with Crippen molar-refractivity contribution in [2.45, 2.75) is 40.2 Å². The summed E-state index contributed by atoms with van der Waals surface area (Å²) < 4.78 is 0. The van der Waals surface area contributed by atoms with E-state index in [1.165, 1.54) is 16.0 Å². The van der Waals surface area contributed by atoms with Gasteiger partial charge in [-0.1, -0.05) is 24.3 Å². The molecule has 0 fully saturated rings. The van der Waals surface area contributed by atoms with E-state index >= 15 is 0 Å². The molecular weight excluding hydrogens is 443 g/mol. The van der Waals surface area contributed by atoms with Crippen LogP contribution in [0.3, 0.4) is 0 Å². The third-order valence-corrected chi connectivity index (χ3v) is 5.50. The van der Waals surface area contributed by atoms with E-state index in [9.17, 15) is 0 Å². The number of nitrogens with zero attached hydrogens (tertiary/aromatic N) is 3. The third-order valence-electron chi connectivity index (χ3n) is 4.37. The Hall–Kier alpha value is -1.15. The molecule has 0 radical (unpaired) electrons. The third kappa shape index (κ3) is 5.17. The quantitative estimate of drug-likeness (QED) is 0.418. The Balaban J connectivity index is 0.00000225. The minimum Gasteiger partial charge on any atom is -0.357 e. The Bertz CT molecular complexity index is 726. The van der Waals surface area contributed by atoms with Gasteiger partial charge < -0.3 is 10.2 Å². The molecule has 136 valence electrons. The van der Waals surface area contributed by atoms with Gasteiger partial charge in [0.2, 0.25) is 0 Å². The first-order valence-electron chi connectivity index (χ1n) is 8.70. The molecule has 6 heteroatoms. The summed E-state index contributed by atoms with van der Waals surface area (Å²) in [7, 11) is 0. The van der Waals surface area contributed by atoms with Gasteiger partial charge in [0.25, 0.3) is 0 Å². The van der Waals surface area contributed by atoms with Crippen LogP contribution in [0.25, 0.3) is 0 Å². The number of hydrogen-bond donors (Lipinski definition) is 1. The predicted octanol–water partition coefficient (Wildman–Crippen LogP) is 3.94. The topological polar surface area (TPSA) is 40.5 Å². The zero-order valence-electron chi connectivity index (χ0n) is 15.2. The Morgan fingerprint density at radius 2 is 2.04 bits per heavy atom. The van der Waals surface area contributed by atoms with Crippen molar-refractivity contribution in [1.29, 1.82) is 0 Å². The fourth-order valence-corrected chi connectivity index (χ4v) is 4.10. The number of halogens is 1. The molecule has 0 saturated carbocycles. The lowest BCUT2D eigenvalue weighted by atomic mass is 10.0. The van der Waals surface area contributed by atoms with Crippen molar-refractivity contribution in [1.82, 2.24) is 15.2 Å². The SMILES string of the molecule is CCNC(=NCCc1sc(C)nc1C)N1CCc2ccccc2C1.I. The molecule has 3 rings (SSSR count). The number of rotatable bonds is 4. The molecule has 1 aromatic heterocycles. The van der Waals surface area contributed by atoms with Crippen molar-refractivity contribution < 1.29 is 0 Å². The number of aromatic nitrogens is 1. The summed E-state index contributed by atoms with van der Waals surface area (Å²) >= 11 is 1.79. The van der Waals surface area contributed by atoms with E-state index in [0.717, 1.165) is 55.7 Å². The summed E-state index contributed by atoms with van der Waals surface area (Å²) in [5.41, 5.74) is 4.05. The normalized spacial score (nSPS) is 14.0. The summed E-state index contributed by atoms with van der Waals surface area (Å²) in [6, 6.07) is 8.73. The summed E-state index contributed by atoms with van der Waals surface area (Å²) in [6.07, 6.45) is 2.06. The molecule has 2 heterocycles. The molecule has 1 aromatic carbocycles. The van der Waals surface area contributed by atoms with Gasteiger partial charge in [0.05, 0.1) is 10.7 Å².